The number of nitrogens with zero attached hydrogens (tertiary/aromatic N) is 2. The largest absolute Gasteiger partial charge is 0.469 e. The molecule has 7 nitrogen and oxygen atoms in total. The van der Waals surface area contributed by atoms with Crippen LogP contribution >= 0.6 is 0 Å². The summed E-state index contributed by atoms with van der Waals surface area (Å²) in [5.41, 5.74) is 4.57. The summed E-state index contributed by atoms with van der Waals surface area (Å²) in [5, 5.41) is 0. The van der Waals surface area contributed by atoms with Crippen molar-refractivity contribution in [2.24, 2.45) is 0 Å². The number of hydrogen-bond donors (Lipinski definition) is 0. The van der Waals surface area contributed by atoms with Crippen LogP contribution in [0.15, 0.2) is 12.1 Å². The summed E-state index contributed by atoms with van der Waals surface area (Å²) < 4.78 is 14.1. The van der Waals surface area contributed by atoms with Gasteiger partial charge in [0, 0.05) is 40.9 Å². The first-order valence-corrected chi connectivity index (χ1v) is 9.86. The molecule has 0 saturated heterocycles. The van der Waals surface area contributed by atoms with E-state index >= 15 is 0 Å². The number of aromatic nitrogens is 2. The minimum Gasteiger partial charge on any atom is -0.469 e. The molecule has 0 N–H and O–H groups in total. The molecule has 1 saturated carbocycles. The SMILES string of the molecule is COC(=O)CCn1c(C)cc(C(=O)COC(=O)c2cc(C)n(C3CC3)c2C)c1C. The molecule has 2 heterocycles. The summed E-state index contributed by atoms with van der Waals surface area (Å²) >= 11 is 0. The average molecular weight is 400 g/mol. The Morgan fingerprint density at radius 2 is 1.66 bits per heavy atom. The molecule has 0 amide bonds. The first kappa shape index (κ1) is 20.9. The van der Waals surface area contributed by atoms with E-state index in [1.165, 1.54) is 7.11 Å². The molecule has 0 unspecified atom stereocenters. The molecule has 0 aromatic carbocycles. The second kappa shape index (κ2) is 8.27. The van der Waals surface area contributed by atoms with E-state index in [1.807, 2.05) is 38.3 Å². The van der Waals surface area contributed by atoms with Crippen LogP contribution in [0.1, 0.15) is 68.8 Å². The number of ketones is 1. The van der Waals surface area contributed by atoms with Crippen molar-refractivity contribution in [2.45, 2.75) is 59.5 Å². The van der Waals surface area contributed by atoms with Gasteiger partial charge in [0.15, 0.2) is 6.61 Å². The minimum absolute atomic E-state index is 0.228. The Bertz CT molecular complexity index is 962. The molecule has 7 heteroatoms. The topological polar surface area (TPSA) is 79.5 Å². The third kappa shape index (κ3) is 4.28. The molecule has 0 aliphatic heterocycles. The molecule has 156 valence electrons. The van der Waals surface area contributed by atoms with Gasteiger partial charge in [0.25, 0.3) is 0 Å². The van der Waals surface area contributed by atoms with Crippen molar-refractivity contribution < 1.29 is 23.9 Å². The number of esters is 2. The van der Waals surface area contributed by atoms with Gasteiger partial charge >= 0.3 is 11.9 Å². The maximum absolute atomic E-state index is 12.6. The van der Waals surface area contributed by atoms with Crippen LogP contribution in [0.25, 0.3) is 0 Å². The molecule has 1 fully saturated rings. The normalized spacial score (nSPS) is 13.4. The molecule has 2 aromatic rings. The van der Waals surface area contributed by atoms with Crippen LogP contribution in [0.2, 0.25) is 0 Å². The molecule has 1 aliphatic carbocycles. The summed E-state index contributed by atoms with van der Waals surface area (Å²) in [4.78, 5) is 36.6. The van der Waals surface area contributed by atoms with Crippen molar-refractivity contribution in [2.75, 3.05) is 13.7 Å². The highest BCUT2D eigenvalue weighted by molar-refractivity contribution is 6.00. The maximum Gasteiger partial charge on any atom is 0.340 e. The van der Waals surface area contributed by atoms with Gasteiger partial charge in [0.05, 0.1) is 19.1 Å². The number of aryl methyl sites for hydroxylation is 2. The number of Topliss-reactive ketones (excluding diaryl/α,β-unsaturated/α-hetero) is 1. The lowest BCUT2D eigenvalue weighted by Crippen LogP contribution is -2.16. The number of methoxy groups -OCH3 is 1. The number of carbonyl (C=O) groups is 3. The van der Waals surface area contributed by atoms with E-state index in [-0.39, 0.29) is 24.8 Å². The van der Waals surface area contributed by atoms with Crippen LogP contribution in [0.5, 0.6) is 0 Å². The summed E-state index contributed by atoms with van der Waals surface area (Å²) in [6.07, 6.45) is 2.50. The molecule has 0 spiro atoms. The Morgan fingerprint density at radius 1 is 1.00 bits per heavy atom. The summed E-state index contributed by atoms with van der Waals surface area (Å²) in [5.74, 6) is -1.03. The van der Waals surface area contributed by atoms with Crippen molar-refractivity contribution >= 4 is 17.7 Å². The zero-order valence-electron chi connectivity index (χ0n) is 17.7. The summed E-state index contributed by atoms with van der Waals surface area (Å²) in [7, 11) is 1.35. The van der Waals surface area contributed by atoms with Crippen LogP contribution in [0.4, 0.5) is 0 Å². The molecular weight excluding hydrogens is 372 g/mol. The first-order valence-electron chi connectivity index (χ1n) is 9.86. The van der Waals surface area contributed by atoms with Gasteiger partial charge in [-0.2, -0.15) is 0 Å². The highest BCUT2D eigenvalue weighted by Gasteiger charge is 2.29. The minimum atomic E-state index is -0.474. The molecule has 0 radical (unpaired) electrons. The van der Waals surface area contributed by atoms with Gasteiger partial charge in [-0.1, -0.05) is 0 Å². The Hall–Kier alpha value is -2.83. The maximum atomic E-state index is 12.6. The highest BCUT2D eigenvalue weighted by atomic mass is 16.5. The molecule has 3 rings (SSSR count). The lowest BCUT2D eigenvalue weighted by atomic mass is 10.1. The van der Waals surface area contributed by atoms with Crippen LogP contribution in [-0.4, -0.2) is 40.6 Å². The van der Waals surface area contributed by atoms with Gasteiger partial charge < -0.3 is 18.6 Å². The van der Waals surface area contributed by atoms with E-state index in [2.05, 4.69) is 9.30 Å². The molecule has 0 bridgehead atoms. The third-order valence-electron chi connectivity index (χ3n) is 5.59. The second-order valence-corrected chi connectivity index (χ2v) is 7.65. The highest BCUT2D eigenvalue weighted by Crippen LogP contribution is 2.38. The van der Waals surface area contributed by atoms with E-state index in [0.29, 0.717) is 23.7 Å². The Labute approximate surface area is 170 Å². The van der Waals surface area contributed by atoms with Crippen molar-refractivity contribution in [1.29, 1.82) is 0 Å². The standard InChI is InChI=1S/C22H28N2O5/c1-13-10-18(15(3)23(13)9-8-21(26)28-5)20(25)12-29-22(27)19-11-14(2)24(16(19)4)17-6-7-17/h10-11,17H,6-9,12H2,1-5H3. The van der Waals surface area contributed by atoms with E-state index < -0.39 is 5.97 Å². The molecule has 1 aliphatic rings. The van der Waals surface area contributed by atoms with Gasteiger partial charge in [-0.3, -0.25) is 9.59 Å². The van der Waals surface area contributed by atoms with Crippen LogP contribution in [-0.2, 0) is 20.8 Å². The van der Waals surface area contributed by atoms with E-state index in [1.54, 1.807) is 6.07 Å². The summed E-state index contributed by atoms with van der Waals surface area (Å²) in [6.45, 7) is 7.72. The van der Waals surface area contributed by atoms with Gasteiger partial charge in [-0.25, -0.2) is 4.79 Å². The van der Waals surface area contributed by atoms with Crippen molar-refractivity contribution in [3.8, 4) is 0 Å². The fourth-order valence-electron chi connectivity index (χ4n) is 3.90. The average Bonchev–Trinajstić information content (AvgIpc) is 3.41. The number of carbonyl (C=O) groups excluding carboxylic acids is 3. The molecule has 29 heavy (non-hydrogen) atoms. The number of ether oxygens (including phenoxy) is 2. The third-order valence-corrected chi connectivity index (χ3v) is 5.59. The predicted octanol–water partition coefficient (Wildman–Crippen LogP) is 3.46. The van der Waals surface area contributed by atoms with E-state index in [4.69, 9.17) is 4.74 Å². The van der Waals surface area contributed by atoms with E-state index in [9.17, 15) is 14.4 Å². The lowest BCUT2D eigenvalue weighted by molar-refractivity contribution is -0.140. The second-order valence-electron chi connectivity index (χ2n) is 7.65. The van der Waals surface area contributed by atoms with Gasteiger partial charge in [-0.15, -0.1) is 0 Å². The molecule has 0 atom stereocenters. The fourth-order valence-corrected chi connectivity index (χ4v) is 3.90. The summed E-state index contributed by atoms with van der Waals surface area (Å²) in [6, 6.07) is 4.08. The predicted molar refractivity (Wildman–Crippen MR) is 107 cm³/mol. The first-order chi connectivity index (χ1) is 13.7. The lowest BCUT2D eigenvalue weighted by Gasteiger charge is -2.09. The zero-order chi connectivity index (χ0) is 21.3. The smallest absolute Gasteiger partial charge is 0.340 e. The molecular formula is C22H28N2O5. The van der Waals surface area contributed by atoms with Gasteiger partial charge in [0.2, 0.25) is 5.78 Å². The van der Waals surface area contributed by atoms with E-state index in [0.717, 1.165) is 35.6 Å². The van der Waals surface area contributed by atoms with Crippen LogP contribution in [0.3, 0.4) is 0 Å². The fraction of sp³-hybridized carbons (Fsp3) is 0.500. The zero-order valence-corrected chi connectivity index (χ0v) is 17.7. The number of rotatable bonds is 8. The number of hydrogen-bond acceptors (Lipinski definition) is 5. The van der Waals surface area contributed by atoms with Crippen molar-refractivity contribution in [3.05, 3.63) is 46.0 Å². The Kier molecular flexibility index (Phi) is 5.96. The van der Waals surface area contributed by atoms with Crippen molar-refractivity contribution in [1.82, 2.24) is 9.13 Å². The monoisotopic (exact) mass is 400 g/mol. The Morgan fingerprint density at radius 3 is 2.28 bits per heavy atom. The Balaban J connectivity index is 1.66. The van der Waals surface area contributed by atoms with Crippen molar-refractivity contribution in [3.63, 3.8) is 0 Å². The van der Waals surface area contributed by atoms with Gasteiger partial charge in [-0.05, 0) is 52.7 Å². The van der Waals surface area contributed by atoms with Crippen LogP contribution in [0, 0.1) is 27.7 Å². The molecule has 2 aromatic heterocycles. The quantitative estimate of drug-likeness (QED) is 0.501. The van der Waals surface area contributed by atoms with Gasteiger partial charge in [0.1, 0.15) is 0 Å². The van der Waals surface area contributed by atoms with Crippen LogP contribution < -0.4 is 0 Å².